The molecule has 0 saturated carbocycles. The van der Waals surface area contributed by atoms with Gasteiger partial charge in [0.2, 0.25) is 0 Å². The van der Waals surface area contributed by atoms with E-state index in [1.165, 1.54) is 18.2 Å². The van der Waals surface area contributed by atoms with E-state index in [9.17, 15) is 13.2 Å². The lowest BCUT2D eigenvalue weighted by Crippen LogP contribution is -2.37. The van der Waals surface area contributed by atoms with Gasteiger partial charge in [-0.1, -0.05) is 24.3 Å². The Kier molecular flexibility index (Phi) is 8.00. The summed E-state index contributed by atoms with van der Waals surface area (Å²) in [4.78, 5) is 10.5. The van der Waals surface area contributed by atoms with Crippen LogP contribution in [0.5, 0.6) is 0 Å². The lowest BCUT2D eigenvalue weighted by Gasteiger charge is -2.23. The predicted octanol–water partition coefficient (Wildman–Crippen LogP) is 1.66. The van der Waals surface area contributed by atoms with Gasteiger partial charge in [0.15, 0.2) is 0 Å². The van der Waals surface area contributed by atoms with Gasteiger partial charge < -0.3 is 9.22 Å². The molecule has 0 atom stereocenters. The molecule has 1 aromatic rings. The minimum Gasteiger partial charge on any atom is -0.457 e. The van der Waals surface area contributed by atoms with E-state index in [2.05, 4.69) is 6.58 Å². The Hall–Kier alpha value is -1.70. The maximum absolute atomic E-state index is 10.6. The van der Waals surface area contributed by atoms with Crippen molar-refractivity contribution in [2.24, 2.45) is 0 Å². The van der Waals surface area contributed by atoms with Crippen LogP contribution >= 0.6 is 0 Å². The second-order valence-corrected chi connectivity index (χ2v) is 7.10. The van der Waals surface area contributed by atoms with Crippen LogP contribution in [0.3, 0.4) is 0 Å². The maximum Gasteiger partial charge on any atom is 0.330 e. The quantitative estimate of drug-likeness (QED) is 0.384. The Labute approximate surface area is 132 Å². The van der Waals surface area contributed by atoms with E-state index in [1.54, 1.807) is 12.1 Å². The highest BCUT2D eigenvalue weighted by Gasteiger charge is 2.07. The second kappa shape index (κ2) is 8.67. The van der Waals surface area contributed by atoms with Gasteiger partial charge in [0, 0.05) is 6.08 Å². The van der Waals surface area contributed by atoms with Crippen molar-refractivity contribution in [2.45, 2.75) is 11.8 Å². The van der Waals surface area contributed by atoms with Crippen LogP contribution in [0, 0.1) is 6.92 Å². The topological polar surface area (TPSA) is 80.7 Å². The molecule has 7 heteroatoms. The molecule has 0 radical (unpaired) electrons. The van der Waals surface area contributed by atoms with E-state index in [-0.39, 0.29) is 10.9 Å². The highest BCUT2D eigenvalue weighted by molar-refractivity contribution is 7.85. The van der Waals surface area contributed by atoms with Gasteiger partial charge >= 0.3 is 5.97 Å². The molecule has 0 aliphatic rings. The third-order valence-electron chi connectivity index (χ3n) is 2.49. The molecule has 22 heavy (non-hydrogen) atoms. The number of quaternary nitrogens is 1. The molecule has 1 rings (SSSR count). The average Bonchev–Trinajstić information content (AvgIpc) is 2.37. The van der Waals surface area contributed by atoms with Crippen molar-refractivity contribution in [1.82, 2.24) is 0 Å². The van der Waals surface area contributed by atoms with Crippen molar-refractivity contribution < 1.29 is 27.0 Å². The van der Waals surface area contributed by atoms with Crippen molar-refractivity contribution in [3.8, 4) is 0 Å². The SMILES string of the molecule is C=CC(=O)OCC[N+](C)(C)C.Cc1ccc(S(=O)(=O)O)cc1. The number of carbonyl (C=O) groups is 1. The number of ether oxygens (including phenoxy) is 1. The standard InChI is InChI=1S/C8H16NO2.C7H8O3S/c1-5-8(10)11-7-6-9(2,3)4;1-6-2-4-7(5-3-6)11(8,9)10/h5H,1,6-7H2,2-4H3;2-5H,1H3,(H,8,9,10)/q+1;. The summed E-state index contributed by atoms with van der Waals surface area (Å²) in [7, 11) is 2.11. The third-order valence-corrected chi connectivity index (χ3v) is 3.36. The third kappa shape index (κ3) is 10.1. The highest BCUT2D eigenvalue weighted by atomic mass is 32.2. The maximum atomic E-state index is 10.6. The summed E-state index contributed by atoms with van der Waals surface area (Å²) in [5, 5.41) is 0. The average molecular weight is 330 g/mol. The molecule has 0 fully saturated rings. The Morgan fingerprint density at radius 1 is 1.27 bits per heavy atom. The fourth-order valence-electron chi connectivity index (χ4n) is 1.19. The molecular formula is C15H24NO5S+. The molecule has 6 nitrogen and oxygen atoms in total. The van der Waals surface area contributed by atoms with Gasteiger partial charge in [-0.2, -0.15) is 8.42 Å². The van der Waals surface area contributed by atoms with Crippen molar-refractivity contribution in [3.05, 3.63) is 42.5 Å². The van der Waals surface area contributed by atoms with Gasteiger partial charge in [-0.3, -0.25) is 4.55 Å². The first-order valence-corrected chi connectivity index (χ1v) is 8.03. The molecule has 0 aliphatic carbocycles. The van der Waals surface area contributed by atoms with Crippen molar-refractivity contribution >= 4 is 16.1 Å². The summed E-state index contributed by atoms with van der Waals surface area (Å²) in [5.41, 5.74) is 0.956. The molecule has 124 valence electrons. The molecule has 0 spiro atoms. The number of nitrogens with zero attached hydrogens (tertiary/aromatic N) is 1. The Morgan fingerprint density at radius 2 is 1.77 bits per heavy atom. The first kappa shape index (κ1) is 20.3. The van der Waals surface area contributed by atoms with Gasteiger partial charge in [-0.25, -0.2) is 4.79 Å². The molecule has 0 amide bonds. The molecular weight excluding hydrogens is 306 g/mol. The number of likely N-dealkylation sites (N-methyl/N-ethyl adjacent to an activating group) is 1. The first-order valence-electron chi connectivity index (χ1n) is 6.59. The normalized spacial score (nSPS) is 11.1. The zero-order valence-corrected chi connectivity index (χ0v) is 14.3. The largest absolute Gasteiger partial charge is 0.457 e. The Morgan fingerprint density at radius 3 is 2.14 bits per heavy atom. The van der Waals surface area contributed by atoms with Crippen LogP contribution in [0.1, 0.15) is 5.56 Å². The van der Waals surface area contributed by atoms with Crippen LogP contribution in [0.2, 0.25) is 0 Å². The number of esters is 1. The molecule has 0 bridgehead atoms. The van der Waals surface area contributed by atoms with Gasteiger partial charge in [0.05, 0.1) is 26.0 Å². The molecule has 0 unspecified atom stereocenters. The summed E-state index contributed by atoms with van der Waals surface area (Å²) in [5.74, 6) is -0.349. The highest BCUT2D eigenvalue weighted by Crippen LogP contribution is 2.08. The van der Waals surface area contributed by atoms with Crippen molar-refractivity contribution in [2.75, 3.05) is 34.3 Å². The zero-order valence-electron chi connectivity index (χ0n) is 13.4. The smallest absolute Gasteiger partial charge is 0.330 e. The summed E-state index contributed by atoms with van der Waals surface area (Å²) >= 11 is 0. The van der Waals surface area contributed by atoms with Gasteiger partial charge in [0.1, 0.15) is 13.2 Å². The van der Waals surface area contributed by atoms with Crippen molar-refractivity contribution in [1.29, 1.82) is 0 Å². The molecule has 1 aromatic carbocycles. The lowest BCUT2D eigenvalue weighted by atomic mass is 10.2. The van der Waals surface area contributed by atoms with E-state index in [4.69, 9.17) is 9.29 Å². The van der Waals surface area contributed by atoms with E-state index in [0.717, 1.165) is 16.6 Å². The number of rotatable bonds is 5. The molecule has 0 heterocycles. The number of carbonyl (C=O) groups excluding carboxylic acids is 1. The monoisotopic (exact) mass is 330 g/mol. The van der Waals surface area contributed by atoms with E-state index < -0.39 is 10.1 Å². The van der Waals surface area contributed by atoms with Crippen LogP contribution in [0.25, 0.3) is 0 Å². The van der Waals surface area contributed by atoms with Crippen LogP contribution in [0.15, 0.2) is 41.8 Å². The second-order valence-electron chi connectivity index (χ2n) is 5.67. The first-order chi connectivity index (χ1) is 9.95. The van der Waals surface area contributed by atoms with E-state index >= 15 is 0 Å². The van der Waals surface area contributed by atoms with E-state index in [1.807, 2.05) is 28.1 Å². The van der Waals surface area contributed by atoms with Crippen LogP contribution in [-0.2, 0) is 19.6 Å². The number of hydrogen-bond acceptors (Lipinski definition) is 4. The summed E-state index contributed by atoms with van der Waals surface area (Å²) in [6.07, 6.45) is 1.18. The fourth-order valence-corrected chi connectivity index (χ4v) is 1.67. The van der Waals surface area contributed by atoms with Crippen LogP contribution < -0.4 is 0 Å². The molecule has 0 aliphatic heterocycles. The summed E-state index contributed by atoms with van der Waals surface area (Å²) in [6.45, 7) is 6.41. The van der Waals surface area contributed by atoms with Gasteiger partial charge in [-0.15, -0.1) is 0 Å². The Bertz CT molecular complexity index is 585. The fraction of sp³-hybridized carbons (Fsp3) is 0.400. The molecule has 0 aromatic heterocycles. The molecule has 0 saturated heterocycles. The Balaban J connectivity index is 0.000000401. The van der Waals surface area contributed by atoms with Crippen LogP contribution in [0.4, 0.5) is 0 Å². The van der Waals surface area contributed by atoms with Gasteiger partial charge in [0.25, 0.3) is 10.1 Å². The summed E-state index contributed by atoms with van der Waals surface area (Å²) < 4.78 is 35.1. The van der Waals surface area contributed by atoms with Crippen molar-refractivity contribution in [3.63, 3.8) is 0 Å². The summed E-state index contributed by atoms with van der Waals surface area (Å²) in [6, 6.07) is 5.99. The minimum absolute atomic E-state index is 0.0666. The van der Waals surface area contributed by atoms with E-state index in [0.29, 0.717) is 6.61 Å². The lowest BCUT2D eigenvalue weighted by molar-refractivity contribution is -0.870. The van der Waals surface area contributed by atoms with Crippen LogP contribution in [-0.4, -0.2) is 57.7 Å². The molecule has 1 N–H and O–H groups in total. The minimum atomic E-state index is -4.02. The predicted molar refractivity (Wildman–Crippen MR) is 85.0 cm³/mol. The van der Waals surface area contributed by atoms with Gasteiger partial charge in [-0.05, 0) is 19.1 Å². The zero-order chi connectivity index (χ0) is 17.4. The number of benzene rings is 1. The number of hydrogen-bond donors (Lipinski definition) is 1. The number of aryl methyl sites for hydroxylation is 1.